The molecule has 0 radical (unpaired) electrons. The van der Waals surface area contributed by atoms with Crippen LogP contribution in [0.25, 0.3) is 10.8 Å². The second-order valence-electron chi connectivity index (χ2n) is 6.56. The highest BCUT2D eigenvalue weighted by Gasteiger charge is 2.27. The Labute approximate surface area is 155 Å². The molecular formula is C19H23BrFNO3. The Morgan fingerprint density at radius 3 is 2.64 bits per heavy atom. The van der Waals surface area contributed by atoms with Crippen molar-refractivity contribution in [1.29, 1.82) is 0 Å². The first-order valence-corrected chi connectivity index (χ1v) is 8.92. The maximum atomic E-state index is 14.8. The number of fused-ring (bicyclic) bond motifs is 1. The van der Waals surface area contributed by atoms with Crippen molar-refractivity contribution in [2.24, 2.45) is 0 Å². The predicted octanol–water partition coefficient (Wildman–Crippen LogP) is 4.44. The average Bonchev–Trinajstić information content (AvgIpc) is 2.54. The lowest BCUT2D eigenvalue weighted by Crippen LogP contribution is -2.51. The van der Waals surface area contributed by atoms with Crippen LogP contribution < -0.4 is 10.1 Å². The van der Waals surface area contributed by atoms with Crippen molar-refractivity contribution in [2.45, 2.75) is 38.8 Å². The molecule has 0 spiro atoms. The molecule has 0 saturated heterocycles. The topological polar surface area (TPSA) is 47.6 Å². The van der Waals surface area contributed by atoms with E-state index in [9.17, 15) is 9.18 Å². The molecule has 4 nitrogen and oxygen atoms in total. The van der Waals surface area contributed by atoms with Crippen LogP contribution in [0, 0.1) is 5.82 Å². The largest absolute Gasteiger partial charge is 0.478 e. The maximum Gasteiger partial charge on any atom is 0.261 e. The van der Waals surface area contributed by atoms with E-state index in [1.54, 1.807) is 25.3 Å². The van der Waals surface area contributed by atoms with Crippen molar-refractivity contribution in [2.75, 3.05) is 13.7 Å². The first kappa shape index (κ1) is 19.7. The average molecular weight is 412 g/mol. The van der Waals surface area contributed by atoms with Crippen LogP contribution in [0.1, 0.15) is 27.2 Å². The molecule has 6 heteroatoms. The minimum Gasteiger partial charge on any atom is -0.478 e. The second kappa shape index (κ2) is 8.15. The van der Waals surface area contributed by atoms with Gasteiger partial charge in [0.25, 0.3) is 5.91 Å². The molecule has 1 atom stereocenters. The highest BCUT2D eigenvalue weighted by atomic mass is 79.9. The third-order valence-corrected chi connectivity index (χ3v) is 4.27. The minimum atomic E-state index is -0.782. The number of carbonyl (C=O) groups excluding carboxylic acids is 1. The van der Waals surface area contributed by atoms with Crippen molar-refractivity contribution < 1.29 is 18.7 Å². The fourth-order valence-corrected chi connectivity index (χ4v) is 2.97. The van der Waals surface area contributed by atoms with E-state index < -0.39 is 17.5 Å². The number of methoxy groups -OCH3 is 1. The zero-order valence-electron chi connectivity index (χ0n) is 14.9. The van der Waals surface area contributed by atoms with E-state index in [-0.39, 0.29) is 11.7 Å². The van der Waals surface area contributed by atoms with Gasteiger partial charge in [0, 0.05) is 17.0 Å². The molecule has 1 N–H and O–H groups in total. The number of benzene rings is 2. The summed E-state index contributed by atoms with van der Waals surface area (Å²) in [6.45, 7) is 5.90. The Kier molecular flexibility index (Phi) is 6.41. The van der Waals surface area contributed by atoms with Gasteiger partial charge in [-0.25, -0.2) is 4.39 Å². The summed E-state index contributed by atoms with van der Waals surface area (Å²) in [5.74, 6) is -0.698. The monoisotopic (exact) mass is 411 g/mol. The lowest BCUT2D eigenvalue weighted by molar-refractivity contribution is -0.130. The quantitative estimate of drug-likeness (QED) is 0.732. The number of hydrogen-bond acceptors (Lipinski definition) is 3. The number of halogens is 2. The van der Waals surface area contributed by atoms with E-state index in [2.05, 4.69) is 21.2 Å². The summed E-state index contributed by atoms with van der Waals surface area (Å²) in [7, 11) is 1.57. The van der Waals surface area contributed by atoms with Crippen molar-refractivity contribution in [1.82, 2.24) is 5.32 Å². The fraction of sp³-hybridized carbons (Fsp3) is 0.421. The lowest BCUT2D eigenvalue weighted by Gasteiger charge is -2.28. The summed E-state index contributed by atoms with van der Waals surface area (Å²) in [5.41, 5.74) is -0.532. The Morgan fingerprint density at radius 1 is 1.32 bits per heavy atom. The molecule has 0 heterocycles. The van der Waals surface area contributed by atoms with Crippen LogP contribution in [-0.2, 0) is 9.53 Å². The van der Waals surface area contributed by atoms with E-state index in [0.717, 1.165) is 9.86 Å². The highest BCUT2D eigenvalue weighted by molar-refractivity contribution is 9.10. The molecule has 25 heavy (non-hydrogen) atoms. The number of hydrogen-bond donors (Lipinski definition) is 1. The Balaban J connectivity index is 2.22. The highest BCUT2D eigenvalue weighted by Crippen LogP contribution is 2.29. The number of nitrogens with one attached hydrogen (secondary N) is 1. The predicted molar refractivity (Wildman–Crippen MR) is 100 cm³/mol. The summed E-state index contributed by atoms with van der Waals surface area (Å²) in [4.78, 5) is 12.5. The summed E-state index contributed by atoms with van der Waals surface area (Å²) < 4.78 is 26.3. The SMILES string of the molecule is CCC(Oc1ccc2ccc(Br)cc2c1F)C(=O)NC(C)(C)COC. The van der Waals surface area contributed by atoms with Gasteiger partial charge in [-0.3, -0.25) is 4.79 Å². The fourth-order valence-electron chi connectivity index (χ4n) is 2.61. The molecule has 0 bridgehead atoms. The van der Waals surface area contributed by atoms with E-state index in [1.807, 2.05) is 32.9 Å². The summed E-state index contributed by atoms with van der Waals surface area (Å²) >= 11 is 3.34. The molecule has 1 amide bonds. The van der Waals surface area contributed by atoms with Gasteiger partial charge in [0.05, 0.1) is 12.1 Å². The van der Waals surface area contributed by atoms with Gasteiger partial charge in [-0.2, -0.15) is 0 Å². The van der Waals surface area contributed by atoms with Gasteiger partial charge in [-0.1, -0.05) is 35.0 Å². The lowest BCUT2D eigenvalue weighted by atomic mass is 10.1. The number of ether oxygens (including phenoxy) is 2. The molecule has 0 aliphatic heterocycles. The van der Waals surface area contributed by atoms with Gasteiger partial charge in [-0.05, 0) is 43.9 Å². The molecule has 0 aliphatic rings. The van der Waals surface area contributed by atoms with Gasteiger partial charge < -0.3 is 14.8 Å². The van der Waals surface area contributed by atoms with Gasteiger partial charge >= 0.3 is 0 Å². The third kappa shape index (κ3) is 4.92. The first-order valence-electron chi connectivity index (χ1n) is 8.13. The van der Waals surface area contributed by atoms with Crippen LogP contribution in [-0.4, -0.2) is 31.3 Å². The van der Waals surface area contributed by atoms with Crippen molar-refractivity contribution in [3.05, 3.63) is 40.6 Å². The summed E-state index contributed by atoms with van der Waals surface area (Å²) in [6.07, 6.45) is -0.361. The van der Waals surface area contributed by atoms with Crippen molar-refractivity contribution >= 4 is 32.6 Å². The Morgan fingerprint density at radius 2 is 2.00 bits per heavy atom. The summed E-state index contributed by atoms with van der Waals surface area (Å²) in [6, 6.07) is 8.70. The second-order valence-corrected chi connectivity index (χ2v) is 7.48. The van der Waals surface area contributed by atoms with E-state index in [4.69, 9.17) is 9.47 Å². The maximum absolute atomic E-state index is 14.8. The molecule has 0 fully saturated rings. The zero-order chi connectivity index (χ0) is 18.6. The van der Waals surface area contributed by atoms with Gasteiger partial charge in [-0.15, -0.1) is 0 Å². The Hall–Kier alpha value is -1.66. The standard InChI is InChI=1S/C19H23BrFNO3/c1-5-15(18(23)22-19(2,3)11-24-4)25-16-9-7-12-6-8-13(20)10-14(12)17(16)21/h6-10,15H,5,11H2,1-4H3,(H,22,23). The van der Waals surface area contributed by atoms with Crippen molar-refractivity contribution in [3.63, 3.8) is 0 Å². The molecule has 0 aromatic heterocycles. The molecule has 0 saturated carbocycles. The van der Waals surface area contributed by atoms with Gasteiger partial charge in [0.2, 0.25) is 0 Å². The smallest absolute Gasteiger partial charge is 0.261 e. The number of rotatable bonds is 7. The molecule has 136 valence electrons. The van der Waals surface area contributed by atoms with Crippen LogP contribution in [0.3, 0.4) is 0 Å². The number of amides is 1. The molecule has 2 rings (SSSR count). The van der Waals surface area contributed by atoms with Crippen LogP contribution >= 0.6 is 15.9 Å². The van der Waals surface area contributed by atoms with Gasteiger partial charge in [0.1, 0.15) is 0 Å². The molecule has 1 unspecified atom stereocenters. The van der Waals surface area contributed by atoms with E-state index in [1.165, 1.54) is 0 Å². The number of carbonyl (C=O) groups is 1. The van der Waals surface area contributed by atoms with Gasteiger partial charge in [0.15, 0.2) is 17.7 Å². The first-order chi connectivity index (χ1) is 11.8. The van der Waals surface area contributed by atoms with E-state index in [0.29, 0.717) is 18.4 Å². The molecule has 2 aromatic rings. The van der Waals surface area contributed by atoms with Crippen LogP contribution in [0.15, 0.2) is 34.8 Å². The van der Waals surface area contributed by atoms with Crippen LogP contribution in [0.4, 0.5) is 4.39 Å². The van der Waals surface area contributed by atoms with E-state index >= 15 is 0 Å². The summed E-state index contributed by atoms with van der Waals surface area (Å²) in [5, 5.41) is 4.09. The normalized spacial score (nSPS) is 12.9. The molecule has 0 aliphatic carbocycles. The minimum absolute atomic E-state index is 0.0668. The van der Waals surface area contributed by atoms with Crippen molar-refractivity contribution in [3.8, 4) is 5.75 Å². The van der Waals surface area contributed by atoms with Crippen LogP contribution in [0.5, 0.6) is 5.75 Å². The van der Waals surface area contributed by atoms with Crippen LogP contribution in [0.2, 0.25) is 0 Å². The third-order valence-electron chi connectivity index (χ3n) is 3.78. The molecular weight excluding hydrogens is 389 g/mol. The Bertz CT molecular complexity index is 764. The molecule has 2 aromatic carbocycles. The zero-order valence-corrected chi connectivity index (χ0v) is 16.4.